The van der Waals surface area contributed by atoms with Crippen LogP contribution in [0.4, 0.5) is 0 Å². The number of hydrogen-bond donors (Lipinski definition) is 2. The van der Waals surface area contributed by atoms with Gasteiger partial charge in [-0.3, -0.25) is 9.59 Å². The number of amides is 1. The Labute approximate surface area is 117 Å². The average molecular weight is 274 g/mol. The van der Waals surface area contributed by atoms with E-state index in [0.717, 1.165) is 16.5 Å². The highest BCUT2D eigenvalue weighted by Gasteiger charge is 2.18. The number of likely N-dealkylation sites (N-methyl/N-ethyl adjacent to an activating group) is 1. The highest BCUT2D eigenvalue weighted by molar-refractivity contribution is 5.89. The summed E-state index contributed by atoms with van der Waals surface area (Å²) >= 11 is 0. The Balaban J connectivity index is 2.06. The van der Waals surface area contributed by atoms with Crippen LogP contribution in [0.3, 0.4) is 0 Å². The Hall–Kier alpha value is -2.30. The van der Waals surface area contributed by atoms with Crippen molar-refractivity contribution in [1.29, 1.82) is 0 Å². The van der Waals surface area contributed by atoms with E-state index in [1.165, 1.54) is 4.90 Å². The molecule has 0 aliphatic rings. The van der Waals surface area contributed by atoms with Crippen LogP contribution in [-0.2, 0) is 16.0 Å². The van der Waals surface area contributed by atoms with Gasteiger partial charge in [-0.05, 0) is 11.6 Å². The third-order valence-corrected chi connectivity index (χ3v) is 3.41. The van der Waals surface area contributed by atoms with Crippen molar-refractivity contribution in [2.45, 2.75) is 13.3 Å². The molecule has 106 valence electrons. The molecule has 20 heavy (non-hydrogen) atoms. The van der Waals surface area contributed by atoms with Crippen molar-refractivity contribution in [2.24, 2.45) is 5.92 Å². The quantitative estimate of drug-likeness (QED) is 0.874. The smallest absolute Gasteiger partial charge is 0.308 e. The molecule has 1 aromatic carbocycles. The second-order valence-electron chi connectivity index (χ2n) is 5.05. The second-order valence-corrected chi connectivity index (χ2v) is 5.05. The lowest BCUT2D eigenvalue weighted by Gasteiger charge is -2.19. The molecular formula is C15H18N2O3. The van der Waals surface area contributed by atoms with Crippen LogP contribution >= 0.6 is 0 Å². The summed E-state index contributed by atoms with van der Waals surface area (Å²) in [7, 11) is 1.64. The number of nitrogens with one attached hydrogen (secondary N) is 1. The first kappa shape index (κ1) is 14.1. The molecule has 0 bridgehead atoms. The molecule has 0 aliphatic carbocycles. The molecule has 0 aliphatic heterocycles. The molecule has 0 radical (unpaired) electrons. The minimum absolute atomic E-state index is 0.0807. The van der Waals surface area contributed by atoms with E-state index in [4.69, 9.17) is 5.11 Å². The molecule has 1 unspecified atom stereocenters. The van der Waals surface area contributed by atoms with Gasteiger partial charge in [0, 0.05) is 30.7 Å². The topological polar surface area (TPSA) is 73.4 Å². The van der Waals surface area contributed by atoms with E-state index in [2.05, 4.69) is 4.98 Å². The number of aromatic nitrogens is 1. The van der Waals surface area contributed by atoms with Gasteiger partial charge >= 0.3 is 5.97 Å². The van der Waals surface area contributed by atoms with Crippen LogP contribution in [0.1, 0.15) is 12.5 Å². The molecule has 5 heteroatoms. The molecule has 0 spiro atoms. The number of carboxylic acid groups (broad SMARTS) is 1. The van der Waals surface area contributed by atoms with E-state index in [9.17, 15) is 9.59 Å². The minimum Gasteiger partial charge on any atom is -0.481 e. The van der Waals surface area contributed by atoms with E-state index in [1.54, 1.807) is 14.0 Å². The molecule has 1 aromatic heterocycles. The lowest BCUT2D eigenvalue weighted by molar-refractivity contribution is -0.142. The Morgan fingerprint density at radius 3 is 2.75 bits per heavy atom. The lowest BCUT2D eigenvalue weighted by atomic mass is 10.1. The second kappa shape index (κ2) is 5.77. The normalized spacial score (nSPS) is 12.3. The number of fused-ring (bicyclic) bond motifs is 1. The minimum atomic E-state index is -0.892. The summed E-state index contributed by atoms with van der Waals surface area (Å²) in [5, 5.41) is 9.90. The predicted molar refractivity (Wildman–Crippen MR) is 76.4 cm³/mol. The fourth-order valence-corrected chi connectivity index (χ4v) is 2.17. The standard InChI is InChI=1S/C15H18N2O3/c1-10(15(19)20)9-17(2)14(18)7-11-8-16-13-6-4-3-5-12(11)13/h3-6,8,10,16H,7,9H2,1-2H3,(H,19,20). The zero-order valence-corrected chi connectivity index (χ0v) is 11.6. The molecule has 2 rings (SSSR count). The molecule has 5 nitrogen and oxygen atoms in total. The number of benzene rings is 1. The van der Waals surface area contributed by atoms with Gasteiger partial charge in [-0.15, -0.1) is 0 Å². The van der Waals surface area contributed by atoms with Gasteiger partial charge in [-0.1, -0.05) is 25.1 Å². The maximum atomic E-state index is 12.1. The van der Waals surface area contributed by atoms with Crippen LogP contribution in [0, 0.1) is 5.92 Å². The Bertz CT molecular complexity index is 633. The number of aromatic amines is 1. The van der Waals surface area contributed by atoms with Crippen LogP contribution < -0.4 is 0 Å². The SMILES string of the molecule is CC(CN(C)C(=O)Cc1c[nH]c2ccccc12)C(=O)O. The van der Waals surface area contributed by atoms with E-state index in [-0.39, 0.29) is 18.9 Å². The van der Waals surface area contributed by atoms with Crippen LogP contribution in [0.25, 0.3) is 10.9 Å². The highest BCUT2D eigenvalue weighted by atomic mass is 16.4. The molecule has 1 heterocycles. The maximum absolute atomic E-state index is 12.1. The molecule has 1 amide bonds. The number of carboxylic acids is 1. The van der Waals surface area contributed by atoms with E-state index in [0.29, 0.717) is 0 Å². The Morgan fingerprint density at radius 2 is 2.05 bits per heavy atom. The number of H-pyrrole nitrogens is 1. The van der Waals surface area contributed by atoms with Crippen molar-refractivity contribution in [3.63, 3.8) is 0 Å². The number of carbonyl (C=O) groups is 2. The van der Waals surface area contributed by atoms with Crippen LogP contribution in [0.15, 0.2) is 30.5 Å². The molecule has 0 saturated carbocycles. The number of aliphatic carboxylic acids is 1. The monoisotopic (exact) mass is 274 g/mol. The molecule has 2 aromatic rings. The fourth-order valence-electron chi connectivity index (χ4n) is 2.17. The number of nitrogens with zero attached hydrogens (tertiary/aromatic N) is 1. The average Bonchev–Trinajstić information content (AvgIpc) is 2.82. The van der Waals surface area contributed by atoms with Gasteiger partial charge in [0.15, 0.2) is 0 Å². The van der Waals surface area contributed by atoms with E-state index >= 15 is 0 Å². The Kier molecular flexibility index (Phi) is 4.08. The summed E-state index contributed by atoms with van der Waals surface area (Å²) in [5.41, 5.74) is 1.93. The molecule has 0 fully saturated rings. The van der Waals surface area contributed by atoms with E-state index in [1.807, 2.05) is 30.5 Å². The summed E-state index contributed by atoms with van der Waals surface area (Å²) in [6, 6.07) is 7.79. The number of carbonyl (C=O) groups excluding carboxylic acids is 1. The van der Waals surface area contributed by atoms with E-state index < -0.39 is 11.9 Å². The summed E-state index contributed by atoms with van der Waals surface area (Å²) in [5.74, 6) is -1.54. The molecule has 0 saturated heterocycles. The van der Waals surface area contributed by atoms with Gasteiger partial charge < -0.3 is 15.0 Å². The molecule has 2 N–H and O–H groups in total. The fraction of sp³-hybridized carbons (Fsp3) is 0.333. The Morgan fingerprint density at radius 1 is 1.35 bits per heavy atom. The third kappa shape index (κ3) is 2.99. The number of para-hydroxylation sites is 1. The van der Waals surface area contributed by atoms with Gasteiger partial charge in [0.25, 0.3) is 0 Å². The first-order chi connectivity index (χ1) is 9.49. The van der Waals surface area contributed by atoms with Gasteiger partial charge in [-0.2, -0.15) is 0 Å². The van der Waals surface area contributed by atoms with Crippen LogP contribution in [0.2, 0.25) is 0 Å². The van der Waals surface area contributed by atoms with Gasteiger partial charge in [0.05, 0.1) is 12.3 Å². The van der Waals surface area contributed by atoms with Crippen molar-refractivity contribution < 1.29 is 14.7 Å². The van der Waals surface area contributed by atoms with Gasteiger partial charge in [0.2, 0.25) is 5.91 Å². The predicted octanol–water partition coefficient (Wildman–Crippen LogP) is 1.89. The first-order valence-electron chi connectivity index (χ1n) is 6.50. The van der Waals surface area contributed by atoms with Crippen molar-refractivity contribution in [1.82, 2.24) is 9.88 Å². The van der Waals surface area contributed by atoms with Gasteiger partial charge in [-0.25, -0.2) is 0 Å². The van der Waals surface area contributed by atoms with Gasteiger partial charge in [0.1, 0.15) is 0 Å². The van der Waals surface area contributed by atoms with Crippen molar-refractivity contribution in [3.8, 4) is 0 Å². The van der Waals surface area contributed by atoms with Crippen molar-refractivity contribution in [3.05, 3.63) is 36.0 Å². The summed E-state index contributed by atoms with van der Waals surface area (Å²) < 4.78 is 0. The van der Waals surface area contributed by atoms with Crippen molar-refractivity contribution in [2.75, 3.05) is 13.6 Å². The largest absolute Gasteiger partial charge is 0.481 e. The summed E-state index contributed by atoms with van der Waals surface area (Å²) in [6.07, 6.45) is 2.10. The molecular weight excluding hydrogens is 256 g/mol. The van der Waals surface area contributed by atoms with Crippen LogP contribution in [0.5, 0.6) is 0 Å². The van der Waals surface area contributed by atoms with Crippen molar-refractivity contribution >= 4 is 22.8 Å². The number of rotatable bonds is 5. The third-order valence-electron chi connectivity index (χ3n) is 3.41. The van der Waals surface area contributed by atoms with Crippen LogP contribution in [-0.4, -0.2) is 40.5 Å². The lowest BCUT2D eigenvalue weighted by Crippen LogP contribution is -2.34. The zero-order chi connectivity index (χ0) is 14.7. The summed E-state index contributed by atoms with van der Waals surface area (Å²) in [4.78, 5) is 27.5. The highest BCUT2D eigenvalue weighted by Crippen LogP contribution is 2.18. The number of hydrogen-bond acceptors (Lipinski definition) is 2. The maximum Gasteiger partial charge on any atom is 0.308 e. The summed E-state index contributed by atoms with van der Waals surface area (Å²) in [6.45, 7) is 1.81. The first-order valence-corrected chi connectivity index (χ1v) is 6.50. The zero-order valence-electron chi connectivity index (χ0n) is 11.6. The molecule has 1 atom stereocenters.